The molecule has 1 fully saturated rings. The van der Waals surface area contributed by atoms with Crippen molar-refractivity contribution in [2.75, 3.05) is 23.4 Å². The zero-order valence-corrected chi connectivity index (χ0v) is 20.3. The summed E-state index contributed by atoms with van der Waals surface area (Å²) in [5.41, 5.74) is 1.02. The Hall–Kier alpha value is -4.05. The summed E-state index contributed by atoms with van der Waals surface area (Å²) in [7, 11) is 0. The van der Waals surface area contributed by atoms with Crippen molar-refractivity contribution in [1.82, 2.24) is 4.90 Å². The first-order valence-corrected chi connectivity index (χ1v) is 12.2. The zero-order chi connectivity index (χ0) is 25.7. The lowest BCUT2D eigenvalue weighted by Gasteiger charge is -2.21. The second-order valence-electron chi connectivity index (χ2n) is 8.02. The van der Waals surface area contributed by atoms with Crippen LogP contribution in [-0.4, -0.2) is 47.9 Å². The van der Waals surface area contributed by atoms with Gasteiger partial charge in [0.25, 0.3) is 5.91 Å². The highest BCUT2D eigenvalue weighted by Gasteiger charge is 2.46. The lowest BCUT2D eigenvalue weighted by Crippen LogP contribution is -2.39. The topological polar surface area (TPSA) is 96.0 Å². The molecule has 0 saturated carbocycles. The van der Waals surface area contributed by atoms with E-state index in [9.17, 15) is 23.6 Å². The van der Waals surface area contributed by atoms with Crippen LogP contribution in [0.3, 0.4) is 0 Å². The molecule has 2 aromatic carbocycles. The number of amides is 4. The number of rotatable bonds is 9. The van der Waals surface area contributed by atoms with Crippen LogP contribution in [0.1, 0.15) is 28.6 Å². The highest BCUT2D eigenvalue weighted by molar-refractivity contribution is 7.09. The fourth-order valence-electron chi connectivity index (χ4n) is 3.89. The monoisotopic (exact) mass is 509 g/mol. The third-order valence-electron chi connectivity index (χ3n) is 5.64. The van der Waals surface area contributed by atoms with E-state index in [4.69, 9.17) is 4.74 Å². The van der Waals surface area contributed by atoms with Crippen molar-refractivity contribution < 1.29 is 28.3 Å². The minimum atomic E-state index is -1.01. The molecule has 4 amide bonds. The number of carbonyl (C=O) groups excluding carboxylic acids is 4. The van der Waals surface area contributed by atoms with Gasteiger partial charge < -0.3 is 15.0 Å². The van der Waals surface area contributed by atoms with Crippen LogP contribution in [0.4, 0.5) is 20.6 Å². The fourth-order valence-corrected chi connectivity index (χ4v) is 4.59. The van der Waals surface area contributed by atoms with Gasteiger partial charge in [-0.15, -0.1) is 11.3 Å². The van der Waals surface area contributed by atoms with E-state index in [0.29, 0.717) is 17.7 Å². The summed E-state index contributed by atoms with van der Waals surface area (Å²) < 4.78 is 18.4. The maximum absolute atomic E-state index is 13.4. The Kier molecular flexibility index (Phi) is 7.74. The summed E-state index contributed by atoms with van der Waals surface area (Å²) in [6.45, 7) is 2.21. The van der Waals surface area contributed by atoms with Gasteiger partial charge in [0.1, 0.15) is 11.9 Å². The minimum absolute atomic E-state index is 0.241. The number of hydrogen-bond acceptors (Lipinski definition) is 6. The van der Waals surface area contributed by atoms with Crippen LogP contribution in [0.15, 0.2) is 66.0 Å². The number of imide groups is 1. The molecule has 0 radical (unpaired) electrons. The van der Waals surface area contributed by atoms with Gasteiger partial charge in [0.2, 0.25) is 5.91 Å². The maximum atomic E-state index is 13.4. The van der Waals surface area contributed by atoms with Crippen LogP contribution in [-0.2, 0) is 20.7 Å². The predicted octanol–water partition coefficient (Wildman–Crippen LogP) is 4.47. The number of ether oxygens (including phenoxy) is 1. The number of nitrogens with zero attached hydrogens (tertiary/aromatic N) is 2. The van der Waals surface area contributed by atoms with Crippen LogP contribution < -0.4 is 10.2 Å². The Bertz CT molecular complexity index is 1250. The number of anilines is 2. The Balaban J connectivity index is 1.49. The zero-order valence-electron chi connectivity index (χ0n) is 19.5. The molecule has 3 aromatic rings. The van der Waals surface area contributed by atoms with E-state index in [0.717, 1.165) is 9.78 Å². The SMILES string of the molecule is CCOC(=O)c1ccc(NC(=O)CC2C(=O)N(c3ccc(F)cc3)C(=O)N2CCc2cccs2)cc1. The van der Waals surface area contributed by atoms with E-state index in [1.165, 1.54) is 52.6 Å². The number of benzene rings is 2. The molecular formula is C26H24FN3O5S. The van der Waals surface area contributed by atoms with E-state index in [1.807, 2.05) is 17.5 Å². The molecule has 1 aromatic heterocycles. The molecule has 0 spiro atoms. The summed E-state index contributed by atoms with van der Waals surface area (Å²) in [5.74, 6) is -1.97. The van der Waals surface area contributed by atoms with Gasteiger partial charge in [0.05, 0.1) is 24.3 Å². The maximum Gasteiger partial charge on any atom is 0.338 e. The van der Waals surface area contributed by atoms with Crippen molar-refractivity contribution in [2.45, 2.75) is 25.8 Å². The third-order valence-corrected chi connectivity index (χ3v) is 6.58. The van der Waals surface area contributed by atoms with Crippen LogP contribution >= 0.6 is 11.3 Å². The van der Waals surface area contributed by atoms with Crippen molar-refractivity contribution in [1.29, 1.82) is 0 Å². The molecule has 1 N–H and O–H groups in total. The van der Waals surface area contributed by atoms with Crippen LogP contribution in [0.2, 0.25) is 0 Å². The van der Waals surface area contributed by atoms with Gasteiger partial charge >= 0.3 is 12.0 Å². The molecule has 186 valence electrons. The number of halogens is 1. The number of urea groups is 1. The second kappa shape index (κ2) is 11.1. The summed E-state index contributed by atoms with van der Waals surface area (Å²) in [4.78, 5) is 54.6. The predicted molar refractivity (Wildman–Crippen MR) is 133 cm³/mol. The molecule has 1 atom stereocenters. The van der Waals surface area contributed by atoms with Gasteiger partial charge in [-0.25, -0.2) is 18.9 Å². The molecule has 8 nitrogen and oxygen atoms in total. The van der Waals surface area contributed by atoms with Gasteiger partial charge in [0, 0.05) is 17.1 Å². The van der Waals surface area contributed by atoms with E-state index >= 15 is 0 Å². The highest BCUT2D eigenvalue weighted by Crippen LogP contribution is 2.28. The minimum Gasteiger partial charge on any atom is -0.462 e. The Morgan fingerprint density at radius 3 is 2.42 bits per heavy atom. The largest absolute Gasteiger partial charge is 0.462 e. The summed E-state index contributed by atoms with van der Waals surface area (Å²) >= 11 is 1.54. The molecule has 2 heterocycles. The lowest BCUT2D eigenvalue weighted by atomic mass is 10.1. The van der Waals surface area contributed by atoms with Gasteiger partial charge in [-0.05, 0) is 73.3 Å². The van der Waals surface area contributed by atoms with Crippen LogP contribution in [0, 0.1) is 5.82 Å². The van der Waals surface area contributed by atoms with Crippen LogP contribution in [0.25, 0.3) is 0 Å². The number of thiophene rings is 1. The number of hydrogen-bond donors (Lipinski definition) is 1. The Labute approximate surface area is 211 Å². The van der Waals surface area contributed by atoms with Gasteiger partial charge in [-0.3, -0.25) is 9.59 Å². The van der Waals surface area contributed by atoms with E-state index in [1.54, 1.807) is 19.1 Å². The summed E-state index contributed by atoms with van der Waals surface area (Å²) in [5, 5.41) is 4.63. The van der Waals surface area contributed by atoms with Crippen molar-refractivity contribution in [3.8, 4) is 0 Å². The lowest BCUT2D eigenvalue weighted by molar-refractivity contribution is -0.124. The molecule has 36 heavy (non-hydrogen) atoms. The normalized spacial score (nSPS) is 15.3. The van der Waals surface area contributed by atoms with Crippen molar-refractivity contribution in [3.63, 3.8) is 0 Å². The molecule has 0 aliphatic carbocycles. The summed E-state index contributed by atoms with van der Waals surface area (Å²) in [6, 6.07) is 13.5. The van der Waals surface area contributed by atoms with E-state index < -0.39 is 35.7 Å². The third kappa shape index (κ3) is 5.60. The van der Waals surface area contributed by atoms with Crippen molar-refractivity contribution in [3.05, 3.63) is 82.3 Å². The molecule has 0 bridgehead atoms. The average Bonchev–Trinajstić information content (AvgIpc) is 3.46. The Morgan fingerprint density at radius 2 is 1.78 bits per heavy atom. The number of esters is 1. The number of carbonyl (C=O) groups is 4. The fraction of sp³-hybridized carbons (Fsp3) is 0.231. The molecule has 1 unspecified atom stereocenters. The van der Waals surface area contributed by atoms with Gasteiger partial charge in [0.15, 0.2) is 0 Å². The molecular weight excluding hydrogens is 485 g/mol. The second-order valence-corrected chi connectivity index (χ2v) is 9.05. The highest BCUT2D eigenvalue weighted by atomic mass is 32.1. The van der Waals surface area contributed by atoms with E-state index in [2.05, 4.69) is 5.32 Å². The van der Waals surface area contributed by atoms with Crippen molar-refractivity contribution >= 4 is 46.5 Å². The van der Waals surface area contributed by atoms with E-state index in [-0.39, 0.29) is 25.3 Å². The first-order chi connectivity index (χ1) is 17.4. The van der Waals surface area contributed by atoms with Crippen molar-refractivity contribution in [2.24, 2.45) is 0 Å². The quantitative estimate of drug-likeness (QED) is 0.339. The smallest absolute Gasteiger partial charge is 0.338 e. The summed E-state index contributed by atoms with van der Waals surface area (Å²) in [6.07, 6.45) is 0.272. The Morgan fingerprint density at radius 1 is 1.06 bits per heavy atom. The first-order valence-electron chi connectivity index (χ1n) is 11.4. The van der Waals surface area contributed by atoms with Gasteiger partial charge in [-0.2, -0.15) is 0 Å². The van der Waals surface area contributed by atoms with Crippen LogP contribution in [0.5, 0.6) is 0 Å². The number of nitrogens with one attached hydrogen (secondary N) is 1. The van der Waals surface area contributed by atoms with Gasteiger partial charge in [-0.1, -0.05) is 6.07 Å². The molecule has 1 saturated heterocycles. The standard InChI is InChI=1S/C26H24FN3O5S/c1-2-35-25(33)17-5-9-19(10-6-17)28-23(31)16-22-24(32)30(20-11-7-18(27)8-12-20)26(34)29(22)14-13-21-4-3-15-36-21/h3-12,15,22H,2,13-14,16H2,1H3,(H,28,31). The molecule has 10 heteroatoms. The molecule has 4 rings (SSSR count). The first kappa shape index (κ1) is 25.1. The average molecular weight is 510 g/mol. The molecule has 1 aliphatic heterocycles. The molecule has 1 aliphatic rings.